The number of anilines is 1. The van der Waals surface area contributed by atoms with E-state index in [2.05, 4.69) is 10.6 Å². The van der Waals surface area contributed by atoms with Crippen molar-refractivity contribution in [1.29, 1.82) is 5.26 Å². The second kappa shape index (κ2) is 6.99. The summed E-state index contributed by atoms with van der Waals surface area (Å²) in [7, 11) is 0. The Hall–Kier alpha value is -3.20. The zero-order chi connectivity index (χ0) is 15.9. The molecule has 0 unspecified atom stereocenters. The topological polar surface area (TPSA) is 98.3 Å². The molecule has 0 atom stereocenters. The second-order valence-corrected chi connectivity index (χ2v) is 4.58. The van der Waals surface area contributed by atoms with Gasteiger partial charge in [0.1, 0.15) is 23.2 Å². The van der Waals surface area contributed by atoms with Crippen molar-refractivity contribution in [1.82, 2.24) is 5.32 Å². The van der Waals surface area contributed by atoms with Crippen molar-refractivity contribution in [3.63, 3.8) is 0 Å². The number of furan rings is 1. The van der Waals surface area contributed by atoms with Gasteiger partial charge in [-0.2, -0.15) is 5.26 Å². The Kier molecular flexibility index (Phi) is 4.83. The van der Waals surface area contributed by atoms with Crippen LogP contribution in [-0.2, 0) is 11.3 Å². The predicted molar refractivity (Wildman–Crippen MR) is 80.7 cm³/mol. The highest BCUT2D eigenvalue weighted by Gasteiger charge is 2.09. The Morgan fingerprint density at radius 1 is 1.45 bits per heavy atom. The molecule has 1 aromatic heterocycles. The summed E-state index contributed by atoms with van der Waals surface area (Å²) < 4.78 is 5.10. The summed E-state index contributed by atoms with van der Waals surface area (Å²) in [6.45, 7) is 2.02. The first-order valence-corrected chi connectivity index (χ1v) is 6.57. The highest BCUT2D eigenvalue weighted by Crippen LogP contribution is 2.20. The molecule has 0 radical (unpaired) electrons. The minimum Gasteiger partial charge on any atom is -0.508 e. The van der Waals surface area contributed by atoms with Crippen molar-refractivity contribution in [2.45, 2.75) is 13.5 Å². The molecule has 0 saturated heterocycles. The summed E-state index contributed by atoms with van der Waals surface area (Å²) in [6, 6.07) is 10.1. The standard InChI is InChI=1S/C16H15N3O3/c1-11-7-13(20)4-5-15(11)18-9-12(8-17)16(21)19-10-14-3-2-6-22-14/h2-7,9,18,20H,10H2,1H3,(H,19,21)/b12-9-. The van der Waals surface area contributed by atoms with Gasteiger partial charge in [0.2, 0.25) is 0 Å². The fraction of sp³-hybridized carbons (Fsp3) is 0.125. The van der Waals surface area contributed by atoms with Gasteiger partial charge in [-0.3, -0.25) is 4.79 Å². The van der Waals surface area contributed by atoms with Crippen molar-refractivity contribution in [3.8, 4) is 11.8 Å². The van der Waals surface area contributed by atoms with Gasteiger partial charge in [0.25, 0.3) is 5.91 Å². The van der Waals surface area contributed by atoms with Gasteiger partial charge in [0.15, 0.2) is 0 Å². The number of nitriles is 1. The highest BCUT2D eigenvalue weighted by molar-refractivity contribution is 5.97. The molecular formula is C16H15N3O3. The number of phenols is 1. The Bertz CT molecular complexity index is 728. The van der Waals surface area contributed by atoms with Gasteiger partial charge < -0.3 is 20.2 Å². The van der Waals surface area contributed by atoms with E-state index >= 15 is 0 Å². The van der Waals surface area contributed by atoms with Gasteiger partial charge in [-0.1, -0.05) is 0 Å². The fourth-order valence-corrected chi connectivity index (χ4v) is 1.78. The number of hydrogen-bond acceptors (Lipinski definition) is 5. The average molecular weight is 297 g/mol. The van der Waals surface area contributed by atoms with Crippen LogP contribution >= 0.6 is 0 Å². The summed E-state index contributed by atoms with van der Waals surface area (Å²) in [5.41, 5.74) is 1.44. The van der Waals surface area contributed by atoms with Crippen molar-refractivity contribution in [2.75, 3.05) is 5.32 Å². The normalized spacial score (nSPS) is 10.8. The van der Waals surface area contributed by atoms with Crippen LogP contribution in [0.2, 0.25) is 0 Å². The first-order chi connectivity index (χ1) is 10.6. The molecule has 0 aliphatic heterocycles. The van der Waals surface area contributed by atoms with Gasteiger partial charge in [0, 0.05) is 11.9 Å². The summed E-state index contributed by atoms with van der Waals surface area (Å²) in [5.74, 6) is 0.263. The van der Waals surface area contributed by atoms with Crippen LogP contribution in [0.3, 0.4) is 0 Å². The Labute approximate surface area is 127 Å². The van der Waals surface area contributed by atoms with Crippen LogP contribution in [-0.4, -0.2) is 11.0 Å². The Morgan fingerprint density at radius 3 is 2.91 bits per heavy atom. The van der Waals surface area contributed by atoms with E-state index in [0.29, 0.717) is 11.4 Å². The van der Waals surface area contributed by atoms with Gasteiger partial charge in [-0.05, 0) is 42.8 Å². The molecule has 6 heteroatoms. The van der Waals surface area contributed by atoms with Crippen molar-refractivity contribution in [3.05, 3.63) is 59.7 Å². The van der Waals surface area contributed by atoms with Crippen LogP contribution in [0.1, 0.15) is 11.3 Å². The maximum absolute atomic E-state index is 11.9. The largest absolute Gasteiger partial charge is 0.508 e. The van der Waals surface area contributed by atoms with Gasteiger partial charge in [-0.25, -0.2) is 0 Å². The van der Waals surface area contributed by atoms with Crippen LogP contribution in [0.4, 0.5) is 5.69 Å². The molecule has 2 rings (SSSR count). The molecule has 0 fully saturated rings. The minimum atomic E-state index is -0.497. The van der Waals surface area contributed by atoms with Crippen molar-refractivity contribution < 1.29 is 14.3 Å². The number of aromatic hydroxyl groups is 1. The number of benzene rings is 1. The van der Waals surface area contributed by atoms with E-state index in [1.807, 2.05) is 6.07 Å². The molecule has 1 aromatic carbocycles. The highest BCUT2D eigenvalue weighted by atomic mass is 16.3. The summed E-state index contributed by atoms with van der Waals surface area (Å²) in [6.07, 6.45) is 2.84. The van der Waals surface area contributed by atoms with E-state index in [1.54, 1.807) is 31.2 Å². The van der Waals surface area contributed by atoms with Crippen LogP contribution in [0.25, 0.3) is 0 Å². The minimum absolute atomic E-state index is 0.0565. The molecule has 2 aromatic rings. The zero-order valence-corrected chi connectivity index (χ0v) is 12.0. The first kappa shape index (κ1) is 15.2. The maximum Gasteiger partial charge on any atom is 0.263 e. The molecular weight excluding hydrogens is 282 g/mol. The molecule has 0 bridgehead atoms. The second-order valence-electron chi connectivity index (χ2n) is 4.58. The average Bonchev–Trinajstić information content (AvgIpc) is 3.01. The molecule has 22 heavy (non-hydrogen) atoms. The number of nitrogens with zero attached hydrogens (tertiary/aromatic N) is 1. The molecule has 0 spiro atoms. The Balaban J connectivity index is 2.00. The molecule has 6 nitrogen and oxygen atoms in total. The third-order valence-corrected chi connectivity index (χ3v) is 2.95. The molecule has 0 aliphatic carbocycles. The number of aryl methyl sites for hydroxylation is 1. The number of nitrogens with one attached hydrogen (secondary N) is 2. The predicted octanol–water partition coefficient (Wildman–Crippen LogP) is 2.43. The number of hydrogen-bond donors (Lipinski definition) is 3. The van der Waals surface area contributed by atoms with E-state index in [0.717, 1.165) is 5.56 Å². The van der Waals surface area contributed by atoms with E-state index in [1.165, 1.54) is 18.5 Å². The quantitative estimate of drug-likeness (QED) is 0.447. The van der Waals surface area contributed by atoms with Gasteiger partial charge in [-0.15, -0.1) is 0 Å². The lowest BCUT2D eigenvalue weighted by molar-refractivity contribution is -0.117. The smallest absolute Gasteiger partial charge is 0.263 e. The van der Waals surface area contributed by atoms with E-state index in [4.69, 9.17) is 9.68 Å². The maximum atomic E-state index is 11.9. The third kappa shape index (κ3) is 3.90. The van der Waals surface area contributed by atoms with E-state index < -0.39 is 5.91 Å². The van der Waals surface area contributed by atoms with Crippen LogP contribution in [0.15, 0.2) is 52.8 Å². The number of amides is 1. The monoisotopic (exact) mass is 297 g/mol. The third-order valence-electron chi connectivity index (χ3n) is 2.95. The van der Waals surface area contributed by atoms with Crippen molar-refractivity contribution >= 4 is 11.6 Å². The van der Waals surface area contributed by atoms with Gasteiger partial charge >= 0.3 is 0 Å². The van der Waals surface area contributed by atoms with Crippen LogP contribution in [0, 0.1) is 18.3 Å². The molecule has 112 valence electrons. The SMILES string of the molecule is Cc1cc(O)ccc1N/C=C(/C#N)C(=O)NCc1ccco1. The molecule has 3 N–H and O–H groups in total. The summed E-state index contributed by atoms with van der Waals surface area (Å²) >= 11 is 0. The number of carbonyl (C=O) groups is 1. The first-order valence-electron chi connectivity index (χ1n) is 6.57. The lowest BCUT2D eigenvalue weighted by atomic mass is 10.2. The lowest BCUT2D eigenvalue weighted by Crippen LogP contribution is -2.24. The fourth-order valence-electron chi connectivity index (χ4n) is 1.78. The molecule has 1 amide bonds. The summed E-state index contributed by atoms with van der Waals surface area (Å²) in [5, 5.41) is 23.9. The van der Waals surface area contributed by atoms with Gasteiger partial charge in [0.05, 0.1) is 12.8 Å². The van der Waals surface area contributed by atoms with E-state index in [-0.39, 0.29) is 17.9 Å². The van der Waals surface area contributed by atoms with E-state index in [9.17, 15) is 9.90 Å². The van der Waals surface area contributed by atoms with Crippen LogP contribution < -0.4 is 10.6 Å². The zero-order valence-electron chi connectivity index (χ0n) is 12.0. The molecule has 0 aliphatic rings. The Morgan fingerprint density at radius 2 is 2.27 bits per heavy atom. The lowest BCUT2D eigenvalue weighted by Gasteiger charge is -2.07. The summed E-state index contributed by atoms with van der Waals surface area (Å²) in [4.78, 5) is 11.9. The number of carbonyl (C=O) groups excluding carboxylic acids is 1. The molecule has 1 heterocycles. The van der Waals surface area contributed by atoms with Crippen LogP contribution in [0.5, 0.6) is 5.75 Å². The number of rotatable bonds is 5. The molecule has 0 saturated carbocycles. The number of phenolic OH excluding ortho intramolecular Hbond substituents is 1. The van der Waals surface area contributed by atoms with Crippen molar-refractivity contribution in [2.24, 2.45) is 0 Å².